The van der Waals surface area contributed by atoms with Crippen LogP contribution in [-0.4, -0.2) is 40.8 Å². The van der Waals surface area contributed by atoms with Gasteiger partial charge in [0.05, 0.1) is 24.5 Å². The second-order valence-electron chi connectivity index (χ2n) is 4.63. The Kier molecular flexibility index (Phi) is 5.78. The zero-order valence-electron chi connectivity index (χ0n) is 12.3. The number of ether oxygens (including phenoxy) is 3. The third-order valence-electron chi connectivity index (χ3n) is 2.95. The summed E-state index contributed by atoms with van der Waals surface area (Å²) in [5.41, 5.74) is 0. The van der Waals surface area contributed by atoms with Gasteiger partial charge in [0.25, 0.3) is 0 Å². The second-order valence-corrected chi connectivity index (χ2v) is 6.39. The van der Waals surface area contributed by atoms with Crippen molar-refractivity contribution in [3.8, 4) is 17.6 Å². The molecular formula is C14H16N2O6S. The standard InChI is InChI=1S/C14H16N2O6S/c15-5-9-22-14(17)4-6-16-23(18,19)11-2-3-12-13(10-11)21-8-1-7-20-12/h2-3,10,16H,1,4,6-9H2. The summed E-state index contributed by atoms with van der Waals surface area (Å²) in [6.07, 6.45) is 0.561. The topological polar surface area (TPSA) is 115 Å². The minimum Gasteiger partial charge on any atom is -0.490 e. The number of hydrogen-bond acceptors (Lipinski definition) is 7. The predicted molar refractivity (Wildman–Crippen MR) is 78.4 cm³/mol. The number of rotatable bonds is 6. The van der Waals surface area contributed by atoms with Crippen LogP contribution in [0.5, 0.6) is 11.5 Å². The summed E-state index contributed by atoms with van der Waals surface area (Å²) >= 11 is 0. The number of hydrogen-bond donors (Lipinski definition) is 1. The molecule has 0 atom stereocenters. The highest BCUT2D eigenvalue weighted by atomic mass is 32.2. The summed E-state index contributed by atoms with van der Waals surface area (Å²) < 4.78 is 42.1. The number of benzene rings is 1. The van der Waals surface area contributed by atoms with E-state index in [-0.39, 0.29) is 24.5 Å². The summed E-state index contributed by atoms with van der Waals surface area (Å²) in [6, 6.07) is 5.99. The molecule has 1 N–H and O–H groups in total. The predicted octanol–water partition coefficient (Wildman–Crippen LogP) is 0.583. The van der Waals surface area contributed by atoms with E-state index in [9.17, 15) is 13.2 Å². The van der Waals surface area contributed by atoms with E-state index in [0.29, 0.717) is 24.7 Å². The third kappa shape index (κ3) is 4.84. The largest absolute Gasteiger partial charge is 0.490 e. The third-order valence-corrected chi connectivity index (χ3v) is 4.41. The first-order chi connectivity index (χ1) is 11.0. The van der Waals surface area contributed by atoms with Crippen LogP contribution in [-0.2, 0) is 19.6 Å². The Morgan fingerprint density at radius 2 is 2.04 bits per heavy atom. The molecule has 1 aliphatic heterocycles. The SMILES string of the molecule is N#CCOC(=O)CCNS(=O)(=O)c1ccc2c(c1)OCCCO2. The Hall–Kier alpha value is -2.31. The highest BCUT2D eigenvalue weighted by Gasteiger charge is 2.19. The van der Waals surface area contributed by atoms with Gasteiger partial charge in [-0.05, 0) is 12.1 Å². The Bertz CT molecular complexity index is 710. The minimum atomic E-state index is -3.78. The molecule has 0 aromatic heterocycles. The molecule has 1 aromatic rings. The maximum absolute atomic E-state index is 12.2. The van der Waals surface area contributed by atoms with Crippen molar-refractivity contribution in [3.63, 3.8) is 0 Å². The number of carbonyl (C=O) groups excluding carboxylic acids is 1. The van der Waals surface area contributed by atoms with Crippen LogP contribution in [0, 0.1) is 11.3 Å². The van der Waals surface area contributed by atoms with E-state index in [0.717, 1.165) is 6.42 Å². The van der Waals surface area contributed by atoms with Crippen LogP contribution in [0.25, 0.3) is 0 Å². The van der Waals surface area contributed by atoms with Crippen molar-refractivity contribution < 1.29 is 27.4 Å². The van der Waals surface area contributed by atoms with E-state index in [4.69, 9.17) is 14.7 Å². The number of nitriles is 1. The molecule has 124 valence electrons. The van der Waals surface area contributed by atoms with E-state index in [2.05, 4.69) is 9.46 Å². The molecule has 0 saturated heterocycles. The molecule has 9 heteroatoms. The highest BCUT2D eigenvalue weighted by molar-refractivity contribution is 7.89. The van der Waals surface area contributed by atoms with Crippen LogP contribution in [0.1, 0.15) is 12.8 Å². The minimum absolute atomic E-state index is 0.0205. The molecule has 1 heterocycles. The lowest BCUT2D eigenvalue weighted by Crippen LogP contribution is -2.26. The number of esters is 1. The van der Waals surface area contributed by atoms with E-state index in [1.54, 1.807) is 6.07 Å². The molecule has 0 radical (unpaired) electrons. The van der Waals surface area contributed by atoms with Crippen molar-refractivity contribution in [2.75, 3.05) is 26.4 Å². The fraction of sp³-hybridized carbons (Fsp3) is 0.429. The Balaban J connectivity index is 1.98. The molecular weight excluding hydrogens is 324 g/mol. The van der Waals surface area contributed by atoms with Crippen LogP contribution in [0.3, 0.4) is 0 Å². The number of carbonyl (C=O) groups is 1. The molecule has 1 aliphatic rings. The van der Waals surface area contributed by atoms with E-state index >= 15 is 0 Å². The molecule has 0 spiro atoms. The maximum Gasteiger partial charge on any atom is 0.308 e. The van der Waals surface area contributed by atoms with Gasteiger partial charge < -0.3 is 14.2 Å². The van der Waals surface area contributed by atoms with Crippen LogP contribution in [0.2, 0.25) is 0 Å². The van der Waals surface area contributed by atoms with Crippen molar-refractivity contribution in [1.29, 1.82) is 5.26 Å². The van der Waals surface area contributed by atoms with Crippen molar-refractivity contribution in [1.82, 2.24) is 4.72 Å². The molecule has 0 fully saturated rings. The Morgan fingerprint density at radius 1 is 1.30 bits per heavy atom. The van der Waals surface area contributed by atoms with Gasteiger partial charge >= 0.3 is 5.97 Å². The van der Waals surface area contributed by atoms with Crippen LogP contribution < -0.4 is 14.2 Å². The first-order valence-corrected chi connectivity index (χ1v) is 8.43. The fourth-order valence-electron chi connectivity index (χ4n) is 1.87. The molecule has 0 aliphatic carbocycles. The van der Waals surface area contributed by atoms with Gasteiger partial charge in [-0.3, -0.25) is 4.79 Å². The lowest BCUT2D eigenvalue weighted by molar-refractivity contribution is -0.142. The average Bonchev–Trinajstić information content (AvgIpc) is 2.77. The molecule has 1 aromatic carbocycles. The van der Waals surface area contributed by atoms with Gasteiger partial charge in [-0.25, -0.2) is 13.1 Å². The van der Waals surface area contributed by atoms with Crippen LogP contribution in [0.15, 0.2) is 23.1 Å². The van der Waals surface area contributed by atoms with Gasteiger partial charge in [0.15, 0.2) is 18.1 Å². The molecule has 23 heavy (non-hydrogen) atoms. The first-order valence-electron chi connectivity index (χ1n) is 6.95. The quantitative estimate of drug-likeness (QED) is 0.753. The smallest absolute Gasteiger partial charge is 0.308 e. The Morgan fingerprint density at radius 3 is 2.78 bits per heavy atom. The maximum atomic E-state index is 12.2. The molecule has 2 rings (SSSR count). The highest BCUT2D eigenvalue weighted by Crippen LogP contribution is 2.31. The summed E-state index contributed by atoms with van der Waals surface area (Å²) in [5, 5.41) is 8.27. The normalized spacial score (nSPS) is 13.7. The van der Waals surface area contributed by atoms with E-state index in [1.807, 2.05) is 0 Å². The molecule has 0 saturated carbocycles. The Labute approximate surface area is 134 Å². The summed E-state index contributed by atoms with van der Waals surface area (Å²) in [4.78, 5) is 11.2. The van der Waals surface area contributed by atoms with Crippen molar-refractivity contribution >= 4 is 16.0 Å². The van der Waals surface area contributed by atoms with Gasteiger partial charge in [-0.1, -0.05) is 0 Å². The zero-order chi connectivity index (χ0) is 16.7. The molecule has 0 unspecified atom stereocenters. The number of sulfonamides is 1. The first kappa shape index (κ1) is 17.1. The van der Waals surface area contributed by atoms with Crippen molar-refractivity contribution in [2.45, 2.75) is 17.7 Å². The van der Waals surface area contributed by atoms with Crippen molar-refractivity contribution in [3.05, 3.63) is 18.2 Å². The van der Waals surface area contributed by atoms with Crippen molar-refractivity contribution in [2.24, 2.45) is 0 Å². The monoisotopic (exact) mass is 340 g/mol. The summed E-state index contributed by atoms with van der Waals surface area (Å²) in [6.45, 7) is 0.492. The molecule has 8 nitrogen and oxygen atoms in total. The molecule has 0 bridgehead atoms. The van der Waals surface area contributed by atoms with Gasteiger partial charge in [0.2, 0.25) is 10.0 Å². The van der Waals surface area contributed by atoms with Gasteiger partial charge in [0, 0.05) is 19.0 Å². The fourth-order valence-corrected chi connectivity index (χ4v) is 2.91. The zero-order valence-corrected chi connectivity index (χ0v) is 13.1. The average molecular weight is 340 g/mol. The van der Waals surface area contributed by atoms with Crippen LogP contribution in [0.4, 0.5) is 0 Å². The number of nitrogens with zero attached hydrogens (tertiary/aromatic N) is 1. The lowest BCUT2D eigenvalue weighted by Gasteiger charge is -2.10. The van der Waals surface area contributed by atoms with Gasteiger partial charge in [0.1, 0.15) is 6.07 Å². The number of nitrogens with one attached hydrogen (secondary N) is 1. The van der Waals surface area contributed by atoms with E-state index in [1.165, 1.54) is 18.2 Å². The molecule has 0 amide bonds. The number of fused-ring (bicyclic) bond motifs is 1. The lowest BCUT2D eigenvalue weighted by atomic mass is 10.3. The van der Waals surface area contributed by atoms with Gasteiger partial charge in [-0.15, -0.1) is 0 Å². The summed E-state index contributed by atoms with van der Waals surface area (Å²) in [7, 11) is -3.78. The second kappa shape index (κ2) is 7.80. The van der Waals surface area contributed by atoms with Crippen LogP contribution >= 0.6 is 0 Å². The van der Waals surface area contributed by atoms with Gasteiger partial charge in [-0.2, -0.15) is 5.26 Å². The summed E-state index contributed by atoms with van der Waals surface area (Å²) in [5.74, 6) is 0.230. The van der Waals surface area contributed by atoms with E-state index < -0.39 is 16.0 Å².